The lowest BCUT2D eigenvalue weighted by Gasteiger charge is -2.20. The van der Waals surface area contributed by atoms with E-state index in [0.717, 1.165) is 39.4 Å². The van der Waals surface area contributed by atoms with Gasteiger partial charge in [-0.3, -0.25) is 19.4 Å². The summed E-state index contributed by atoms with van der Waals surface area (Å²) in [6, 6.07) is 17.5. The molecule has 0 saturated carbocycles. The van der Waals surface area contributed by atoms with Crippen LogP contribution in [0.1, 0.15) is 62.1 Å². The Bertz CT molecular complexity index is 2370. The number of ether oxygens (including phenoxy) is 2. The summed E-state index contributed by atoms with van der Waals surface area (Å²) >= 11 is 0. The van der Waals surface area contributed by atoms with Crippen molar-refractivity contribution in [3.05, 3.63) is 105 Å². The fraction of sp³-hybridized carbons (Fsp3) is 0.341. The van der Waals surface area contributed by atoms with Gasteiger partial charge in [-0.2, -0.15) is 13.2 Å². The van der Waals surface area contributed by atoms with Crippen LogP contribution in [0.4, 0.5) is 13.2 Å². The van der Waals surface area contributed by atoms with Gasteiger partial charge in [-0.05, 0) is 103 Å². The predicted molar refractivity (Wildman–Crippen MR) is 211 cm³/mol. The van der Waals surface area contributed by atoms with E-state index >= 15 is 0 Å². The minimum atomic E-state index is -4.60. The summed E-state index contributed by atoms with van der Waals surface area (Å²) in [5.41, 5.74) is 12.1. The number of aromatic nitrogens is 1. The number of hydrogen-bond acceptors (Lipinski definition) is 9. The van der Waals surface area contributed by atoms with Gasteiger partial charge in [0.2, 0.25) is 5.89 Å². The number of β-amino-alcohol motifs (C(OH)–C–C–N with tert-alkyl or cyclic N) is 1. The summed E-state index contributed by atoms with van der Waals surface area (Å²) in [5, 5.41) is 9.93. The van der Waals surface area contributed by atoms with E-state index in [1.54, 1.807) is 12.1 Å². The number of oxazole rings is 1. The Morgan fingerprint density at radius 2 is 1.60 bits per heavy atom. The maximum Gasteiger partial charge on any atom is 0.417 e. The molecule has 10 nitrogen and oxygen atoms in total. The lowest BCUT2D eigenvalue weighted by Crippen LogP contribution is -2.24. The molecular formula is C44H45F3N4O6. The van der Waals surface area contributed by atoms with Crippen LogP contribution in [-0.2, 0) is 28.8 Å². The van der Waals surface area contributed by atoms with E-state index in [0.29, 0.717) is 73.8 Å². The summed E-state index contributed by atoms with van der Waals surface area (Å²) < 4.78 is 60.1. The molecule has 2 saturated heterocycles. The number of amides is 1. The zero-order valence-electron chi connectivity index (χ0n) is 32.3. The van der Waals surface area contributed by atoms with Gasteiger partial charge in [-0.15, -0.1) is 0 Å². The highest BCUT2D eigenvalue weighted by Gasteiger charge is 2.35. The van der Waals surface area contributed by atoms with Crippen molar-refractivity contribution in [2.24, 2.45) is 11.7 Å². The van der Waals surface area contributed by atoms with E-state index in [-0.39, 0.29) is 35.1 Å². The number of alkyl halides is 3. The summed E-state index contributed by atoms with van der Waals surface area (Å²) in [5.74, 6) is -0.428. The number of fused-ring (bicyclic) bond motifs is 1. The van der Waals surface area contributed by atoms with Gasteiger partial charge in [-0.25, -0.2) is 4.98 Å². The molecule has 2 aliphatic rings. The van der Waals surface area contributed by atoms with Gasteiger partial charge in [0.15, 0.2) is 5.58 Å². The fourth-order valence-electron chi connectivity index (χ4n) is 8.07. The number of methoxy groups -OCH3 is 2. The molecule has 0 unspecified atom stereocenters. The van der Waals surface area contributed by atoms with E-state index < -0.39 is 23.8 Å². The number of halogens is 3. The lowest BCUT2D eigenvalue weighted by atomic mass is 9.91. The van der Waals surface area contributed by atoms with Gasteiger partial charge in [0.1, 0.15) is 11.3 Å². The number of carbonyl (C=O) groups is 2. The van der Waals surface area contributed by atoms with Gasteiger partial charge in [-0.1, -0.05) is 42.5 Å². The van der Waals surface area contributed by atoms with Crippen molar-refractivity contribution in [3.63, 3.8) is 0 Å². The third kappa shape index (κ3) is 8.32. The van der Waals surface area contributed by atoms with Crippen molar-refractivity contribution < 1.29 is 41.8 Å². The number of aliphatic hydroxyl groups excluding tert-OH is 1. The molecule has 0 bridgehead atoms. The number of nitrogens with two attached hydrogens (primary N) is 1. The van der Waals surface area contributed by atoms with Crippen LogP contribution < -0.4 is 10.5 Å². The number of carbonyl (C=O) groups excluding carboxylic acids is 2. The van der Waals surface area contributed by atoms with Gasteiger partial charge in [0.05, 0.1) is 37.4 Å². The van der Waals surface area contributed by atoms with Crippen molar-refractivity contribution >= 4 is 35.1 Å². The number of hydrogen-bond donors (Lipinski definition) is 2. The zero-order valence-corrected chi connectivity index (χ0v) is 32.3. The first-order valence-corrected chi connectivity index (χ1v) is 18.8. The summed E-state index contributed by atoms with van der Waals surface area (Å²) in [6.45, 7) is 6.85. The van der Waals surface area contributed by atoms with Crippen LogP contribution in [0.2, 0.25) is 0 Å². The standard InChI is InChI=1S/C44H45F3N4O6/c1-25-28(11-12-29-20-39(55-3)31(19-37(29)44(45,46)47)23-51-16-14-32(52)24-51)7-5-8-33(25)34-9-6-10-35(26(34)2)42-49-38-18-27(17-36(41(48)53)40(38)57-42)21-50-15-13-30(22-50)43(54)56-4/h5-12,17-20,30,32,52H,13-16,21-24H2,1-4H3,(H2,48,53)/b12-11+/t30-,32-/m1/s1. The molecule has 2 aliphatic heterocycles. The minimum absolute atomic E-state index is 0.0206. The first-order chi connectivity index (χ1) is 27.2. The molecule has 2 fully saturated rings. The van der Waals surface area contributed by atoms with Gasteiger partial charge in [0.25, 0.3) is 5.91 Å². The normalized spacial score (nSPS) is 17.9. The number of rotatable bonds is 11. The van der Waals surface area contributed by atoms with E-state index in [1.165, 1.54) is 26.4 Å². The molecule has 3 N–H and O–H groups in total. The number of esters is 1. The Kier molecular flexibility index (Phi) is 11.3. The van der Waals surface area contributed by atoms with E-state index in [9.17, 15) is 27.9 Å². The molecule has 7 rings (SSSR count). The van der Waals surface area contributed by atoms with E-state index in [1.807, 2.05) is 61.2 Å². The number of likely N-dealkylation sites (tertiary alicyclic amines) is 2. The van der Waals surface area contributed by atoms with Crippen molar-refractivity contribution in [1.29, 1.82) is 0 Å². The highest BCUT2D eigenvalue weighted by Crippen LogP contribution is 2.39. The predicted octanol–water partition coefficient (Wildman–Crippen LogP) is 7.64. The van der Waals surface area contributed by atoms with Crippen molar-refractivity contribution in [1.82, 2.24) is 14.8 Å². The first kappa shape index (κ1) is 39.7. The number of nitrogens with zero attached hydrogens (tertiary/aromatic N) is 3. The second kappa shape index (κ2) is 16.2. The first-order valence-electron chi connectivity index (χ1n) is 18.8. The van der Waals surface area contributed by atoms with Crippen LogP contribution in [0.3, 0.4) is 0 Å². The van der Waals surface area contributed by atoms with Crippen LogP contribution in [0.15, 0.2) is 65.1 Å². The summed E-state index contributed by atoms with van der Waals surface area (Å²) in [7, 11) is 2.83. The van der Waals surface area contributed by atoms with E-state index in [2.05, 4.69) is 4.90 Å². The van der Waals surface area contributed by atoms with Crippen LogP contribution in [0.25, 0.3) is 45.8 Å². The molecule has 0 spiro atoms. The second-order valence-corrected chi connectivity index (χ2v) is 14.9. The SMILES string of the molecule is COC(=O)[C@@H]1CCN(Cc2cc(C(N)=O)c3oc(-c4cccc(-c5cccc(/C=C/c6cc(OC)c(CN7CC[C@@H](O)C7)cc6C(F)(F)F)c5C)c4C)nc3c2)C1. The molecule has 2 atom stereocenters. The Hall–Kier alpha value is -5.50. The summed E-state index contributed by atoms with van der Waals surface area (Å²) in [6.07, 6.45) is -0.681. The topological polar surface area (TPSA) is 131 Å². The second-order valence-electron chi connectivity index (χ2n) is 14.9. The van der Waals surface area contributed by atoms with Gasteiger partial charge >= 0.3 is 12.1 Å². The average molecular weight is 783 g/mol. The third-order valence-corrected chi connectivity index (χ3v) is 11.1. The highest BCUT2D eigenvalue weighted by molar-refractivity contribution is 6.04. The number of aliphatic hydroxyl groups is 1. The molecular weight excluding hydrogens is 738 g/mol. The number of benzene rings is 4. The molecule has 5 aromatic rings. The Balaban J connectivity index is 1.19. The minimum Gasteiger partial charge on any atom is -0.496 e. The van der Waals surface area contributed by atoms with Crippen LogP contribution in [0.5, 0.6) is 5.75 Å². The Morgan fingerprint density at radius 3 is 2.28 bits per heavy atom. The molecule has 3 heterocycles. The lowest BCUT2D eigenvalue weighted by molar-refractivity contribution is -0.145. The van der Waals surface area contributed by atoms with Crippen LogP contribution in [0, 0.1) is 19.8 Å². The zero-order chi connectivity index (χ0) is 40.6. The molecule has 0 aliphatic carbocycles. The maximum absolute atomic E-state index is 14.5. The maximum atomic E-state index is 14.5. The quantitative estimate of drug-likeness (QED) is 0.103. The van der Waals surface area contributed by atoms with Gasteiger partial charge < -0.3 is 24.7 Å². The summed E-state index contributed by atoms with van der Waals surface area (Å²) in [4.78, 5) is 33.5. The Morgan fingerprint density at radius 1 is 0.912 bits per heavy atom. The van der Waals surface area contributed by atoms with E-state index in [4.69, 9.17) is 24.6 Å². The third-order valence-electron chi connectivity index (χ3n) is 11.1. The van der Waals surface area contributed by atoms with Crippen molar-refractivity contribution in [2.75, 3.05) is 40.4 Å². The molecule has 4 aromatic carbocycles. The van der Waals surface area contributed by atoms with Crippen molar-refractivity contribution in [3.8, 4) is 28.3 Å². The smallest absolute Gasteiger partial charge is 0.417 e. The van der Waals surface area contributed by atoms with Crippen molar-refractivity contribution in [2.45, 2.75) is 52.1 Å². The fourth-order valence-corrected chi connectivity index (χ4v) is 8.07. The number of primary amides is 1. The molecule has 57 heavy (non-hydrogen) atoms. The highest BCUT2D eigenvalue weighted by atomic mass is 19.4. The van der Waals surface area contributed by atoms with Crippen LogP contribution in [-0.4, -0.2) is 78.3 Å². The molecule has 13 heteroatoms. The molecule has 0 radical (unpaired) electrons. The average Bonchev–Trinajstić information content (AvgIpc) is 3.93. The largest absolute Gasteiger partial charge is 0.496 e. The Labute approximate surface area is 328 Å². The van der Waals surface area contributed by atoms with Crippen LogP contribution >= 0.6 is 0 Å². The van der Waals surface area contributed by atoms with Gasteiger partial charge in [0, 0.05) is 43.9 Å². The monoisotopic (exact) mass is 782 g/mol. The molecule has 1 aromatic heterocycles. The molecule has 298 valence electrons. The molecule has 1 amide bonds.